The number of carbonyl (C=O) groups excluding carboxylic acids is 1. The summed E-state index contributed by atoms with van der Waals surface area (Å²) in [7, 11) is 1.91. The molecule has 0 bridgehead atoms. The van der Waals surface area contributed by atoms with Crippen LogP contribution >= 0.6 is 0 Å². The smallest absolute Gasteiger partial charge is 0.217 e. The standard InChI is InChI=1S/C9H16N4O/c1-6(2)9-12-11-8(13(9)4)5-10-7(3)14/h6H,5H2,1-4H3,(H,10,14). The van der Waals surface area contributed by atoms with E-state index >= 15 is 0 Å². The minimum atomic E-state index is -0.0564. The van der Waals surface area contributed by atoms with E-state index in [-0.39, 0.29) is 5.91 Å². The van der Waals surface area contributed by atoms with Crippen LogP contribution < -0.4 is 5.32 Å². The summed E-state index contributed by atoms with van der Waals surface area (Å²) in [6.07, 6.45) is 0. The van der Waals surface area contributed by atoms with Crippen molar-refractivity contribution >= 4 is 5.91 Å². The Balaban J connectivity index is 2.74. The summed E-state index contributed by atoms with van der Waals surface area (Å²) in [6.45, 7) is 6.05. The highest BCUT2D eigenvalue weighted by atomic mass is 16.1. The molecule has 5 heteroatoms. The summed E-state index contributed by atoms with van der Waals surface area (Å²) in [5, 5.41) is 10.8. The van der Waals surface area contributed by atoms with Crippen LogP contribution in [0.1, 0.15) is 38.3 Å². The van der Waals surface area contributed by atoms with Gasteiger partial charge in [-0.25, -0.2) is 0 Å². The molecule has 1 aromatic heterocycles. The van der Waals surface area contributed by atoms with E-state index in [4.69, 9.17) is 0 Å². The van der Waals surface area contributed by atoms with Gasteiger partial charge in [0.15, 0.2) is 5.82 Å². The molecule has 1 rings (SSSR count). The first-order valence-corrected chi connectivity index (χ1v) is 4.65. The van der Waals surface area contributed by atoms with Gasteiger partial charge in [-0.05, 0) is 0 Å². The molecule has 78 valence electrons. The van der Waals surface area contributed by atoms with Gasteiger partial charge in [-0.1, -0.05) is 13.8 Å². The molecule has 5 nitrogen and oxygen atoms in total. The molecule has 1 heterocycles. The van der Waals surface area contributed by atoms with Crippen LogP contribution in [0.15, 0.2) is 0 Å². The summed E-state index contributed by atoms with van der Waals surface area (Å²) in [5.74, 6) is 2.01. The first-order valence-electron chi connectivity index (χ1n) is 4.65. The molecule has 0 saturated heterocycles. The van der Waals surface area contributed by atoms with Crippen LogP contribution in [0.3, 0.4) is 0 Å². The summed E-state index contributed by atoms with van der Waals surface area (Å²) >= 11 is 0. The Labute approximate surface area is 83.5 Å². The average molecular weight is 196 g/mol. The molecule has 0 aliphatic heterocycles. The molecule has 1 N–H and O–H groups in total. The lowest BCUT2D eigenvalue weighted by atomic mass is 10.2. The molecule has 1 aromatic rings. The van der Waals surface area contributed by atoms with Gasteiger partial charge >= 0.3 is 0 Å². The Morgan fingerprint density at radius 1 is 1.50 bits per heavy atom. The first-order chi connectivity index (χ1) is 6.52. The number of amides is 1. The minimum absolute atomic E-state index is 0.0564. The minimum Gasteiger partial charge on any atom is -0.349 e. The highest BCUT2D eigenvalue weighted by Gasteiger charge is 2.11. The van der Waals surface area contributed by atoms with Gasteiger partial charge in [-0.15, -0.1) is 10.2 Å². The fourth-order valence-corrected chi connectivity index (χ4v) is 1.24. The Morgan fingerprint density at radius 2 is 2.14 bits per heavy atom. The number of hydrogen-bond donors (Lipinski definition) is 1. The number of rotatable bonds is 3. The fraction of sp³-hybridized carbons (Fsp3) is 0.667. The number of aromatic nitrogens is 3. The second-order valence-electron chi connectivity index (χ2n) is 3.60. The maximum absolute atomic E-state index is 10.7. The van der Waals surface area contributed by atoms with Crippen LogP contribution in [0, 0.1) is 0 Å². The first kappa shape index (κ1) is 10.7. The Kier molecular flexibility index (Phi) is 3.22. The van der Waals surface area contributed by atoms with Crippen LogP contribution in [0.4, 0.5) is 0 Å². The maximum Gasteiger partial charge on any atom is 0.217 e. The number of nitrogens with zero attached hydrogens (tertiary/aromatic N) is 3. The third-order valence-electron chi connectivity index (χ3n) is 2.01. The Hall–Kier alpha value is -1.39. The number of hydrogen-bond acceptors (Lipinski definition) is 3. The summed E-state index contributed by atoms with van der Waals surface area (Å²) < 4.78 is 1.92. The van der Waals surface area contributed by atoms with Gasteiger partial charge in [0.25, 0.3) is 0 Å². The lowest BCUT2D eigenvalue weighted by Gasteiger charge is -2.06. The van der Waals surface area contributed by atoms with Crippen LogP contribution in [-0.4, -0.2) is 20.7 Å². The third kappa shape index (κ3) is 2.31. The van der Waals surface area contributed by atoms with Crippen LogP contribution in [0.2, 0.25) is 0 Å². The SMILES string of the molecule is CC(=O)NCc1nnc(C(C)C)n1C. The van der Waals surface area contributed by atoms with E-state index in [9.17, 15) is 4.79 Å². The summed E-state index contributed by atoms with van der Waals surface area (Å²) in [5.41, 5.74) is 0. The van der Waals surface area contributed by atoms with Gasteiger partial charge in [0.05, 0.1) is 6.54 Å². The van der Waals surface area contributed by atoms with Crippen molar-refractivity contribution in [3.8, 4) is 0 Å². The third-order valence-corrected chi connectivity index (χ3v) is 2.01. The quantitative estimate of drug-likeness (QED) is 0.769. The number of nitrogens with one attached hydrogen (secondary N) is 1. The van der Waals surface area contributed by atoms with E-state index in [1.807, 2.05) is 11.6 Å². The van der Waals surface area contributed by atoms with Crippen molar-refractivity contribution in [2.45, 2.75) is 33.2 Å². The Bertz CT molecular complexity index is 330. The molecule has 0 atom stereocenters. The van der Waals surface area contributed by atoms with E-state index in [2.05, 4.69) is 29.4 Å². The van der Waals surface area contributed by atoms with Gasteiger partial charge in [0.1, 0.15) is 5.82 Å². The molecule has 1 amide bonds. The van der Waals surface area contributed by atoms with E-state index in [0.29, 0.717) is 12.5 Å². The normalized spacial score (nSPS) is 10.6. The molecular formula is C9H16N4O. The highest BCUT2D eigenvalue weighted by Crippen LogP contribution is 2.10. The molecule has 0 fully saturated rings. The van der Waals surface area contributed by atoms with Gasteiger partial charge < -0.3 is 9.88 Å². The van der Waals surface area contributed by atoms with E-state index < -0.39 is 0 Å². The molecule has 0 unspecified atom stereocenters. The molecule has 0 spiro atoms. The van der Waals surface area contributed by atoms with Gasteiger partial charge in [0.2, 0.25) is 5.91 Å². The van der Waals surface area contributed by atoms with Gasteiger partial charge in [-0.2, -0.15) is 0 Å². The zero-order chi connectivity index (χ0) is 10.7. The van der Waals surface area contributed by atoms with E-state index in [0.717, 1.165) is 11.6 Å². The van der Waals surface area contributed by atoms with Crippen LogP contribution in [-0.2, 0) is 18.4 Å². The predicted molar refractivity (Wildman–Crippen MR) is 52.6 cm³/mol. The molecule has 0 aromatic carbocycles. The highest BCUT2D eigenvalue weighted by molar-refractivity contribution is 5.72. The van der Waals surface area contributed by atoms with Gasteiger partial charge in [0, 0.05) is 19.9 Å². The van der Waals surface area contributed by atoms with Crippen molar-refractivity contribution < 1.29 is 4.79 Å². The van der Waals surface area contributed by atoms with Crippen LogP contribution in [0.5, 0.6) is 0 Å². The zero-order valence-corrected chi connectivity index (χ0v) is 9.03. The summed E-state index contributed by atoms with van der Waals surface area (Å²) in [6, 6.07) is 0. The van der Waals surface area contributed by atoms with Crippen molar-refractivity contribution in [3.63, 3.8) is 0 Å². The lowest BCUT2D eigenvalue weighted by molar-refractivity contribution is -0.119. The van der Waals surface area contributed by atoms with E-state index in [1.165, 1.54) is 6.92 Å². The van der Waals surface area contributed by atoms with Crippen molar-refractivity contribution in [3.05, 3.63) is 11.6 Å². The zero-order valence-electron chi connectivity index (χ0n) is 9.03. The van der Waals surface area contributed by atoms with E-state index in [1.54, 1.807) is 0 Å². The maximum atomic E-state index is 10.7. The molecule has 0 aliphatic rings. The second-order valence-corrected chi connectivity index (χ2v) is 3.60. The largest absolute Gasteiger partial charge is 0.349 e. The van der Waals surface area contributed by atoms with Crippen molar-refractivity contribution in [1.29, 1.82) is 0 Å². The Morgan fingerprint density at radius 3 is 2.57 bits per heavy atom. The molecule has 14 heavy (non-hydrogen) atoms. The van der Waals surface area contributed by atoms with Gasteiger partial charge in [-0.3, -0.25) is 4.79 Å². The molecular weight excluding hydrogens is 180 g/mol. The fourth-order valence-electron chi connectivity index (χ4n) is 1.24. The van der Waals surface area contributed by atoms with Crippen molar-refractivity contribution in [1.82, 2.24) is 20.1 Å². The second kappa shape index (κ2) is 4.21. The lowest BCUT2D eigenvalue weighted by Crippen LogP contribution is -2.21. The molecule has 0 aliphatic carbocycles. The monoisotopic (exact) mass is 196 g/mol. The predicted octanol–water partition coefficient (Wildman–Crippen LogP) is 0.575. The molecule has 0 radical (unpaired) electrons. The van der Waals surface area contributed by atoms with Crippen molar-refractivity contribution in [2.24, 2.45) is 7.05 Å². The van der Waals surface area contributed by atoms with Crippen molar-refractivity contribution in [2.75, 3.05) is 0 Å². The summed E-state index contributed by atoms with van der Waals surface area (Å²) in [4.78, 5) is 10.7. The molecule has 0 saturated carbocycles. The van der Waals surface area contributed by atoms with Crippen LogP contribution in [0.25, 0.3) is 0 Å². The topological polar surface area (TPSA) is 59.8 Å². The number of carbonyl (C=O) groups is 1. The average Bonchev–Trinajstić information content (AvgIpc) is 2.43.